The summed E-state index contributed by atoms with van der Waals surface area (Å²) in [5.74, 6) is -0.191. The fourth-order valence-electron chi connectivity index (χ4n) is 4.01. The maximum Gasteiger partial charge on any atom is 0.262 e. The molecule has 0 amide bonds. The van der Waals surface area contributed by atoms with Crippen molar-refractivity contribution in [1.82, 2.24) is 5.32 Å². The van der Waals surface area contributed by atoms with E-state index in [1.807, 2.05) is 17.5 Å². The van der Waals surface area contributed by atoms with Crippen molar-refractivity contribution < 1.29 is 17.5 Å². The molecular formula is C23H26FN3O3S2. The van der Waals surface area contributed by atoms with Crippen molar-refractivity contribution in [2.45, 2.75) is 30.8 Å². The minimum Gasteiger partial charge on any atom is -0.495 e. The second kappa shape index (κ2) is 9.09. The monoisotopic (exact) mass is 475 g/mol. The lowest BCUT2D eigenvalue weighted by Gasteiger charge is -2.38. The Morgan fingerprint density at radius 3 is 2.50 bits per heavy atom. The van der Waals surface area contributed by atoms with E-state index in [-0.39, 0.29) is 4.90 Å². The molecule has 1 aliphatic rings. The molecule has 0 saturated carbocycles. The maximum atomic E-state index is 14.7. The van der Waals surface area contributed by atoms with Gasteiger partial charge in [0.1, 0.15) is 11.6 Å². The van der Waals surface area contributed by atoms with E-state index in [1.54, 1.807) is 18.2 Å². The summed E-state index contributed by atoms with van der Waals surface area (Å²) < 4.78 is 48.8. The van der Waals surface area contributed by atoms with Crippen LogP contribution in [-0.2, 0) is 10.0 Å². The molecule has 3 aromatic rings. The van der Waals surface area contributed by atoms with Crippen molar-refractivity contribution in [3.63, 3.8) is 0 Å². The van der Waals surface area contributed by atoms with E-state index >= 15 is 0 Å². The summed E-state index contributed by atoms with van der Waals surface area (Å²) in [7, 11) is -2.54. The predicted octanol–water partition coefficient (Wildman–Crippen LogP) is 4.55. The van der Waals surface area contributed by atoms with Crippen molar-refractivity contribution in [2.75, 3.05) is 29.8 Å². The number of anilines is 2. The van der Waals surface area contributed by atoms with Crippen LogP contribution in [-0.4, -0.2) is 40.7 Å². The Morgan fingerprint density at radius 2 is 1.88 bits per heavy atom. The standard InChI is InChI=1S/C23H26FN3O3S2/c1-15-13-27(14-16(2)25-15)17-6-9-22(30-3)21(11-17)26-32(28,29)18-7-8-19(20(24)12-18)23-5-4-10-31-23/h4-12,15-16,25-26H,13-14H2,1-3H3/t15-,16+. The van der Waals surface area contributed by atoms with E-state index in [4.69, 9.17) is 4.74 Å². The summed E-state index contributed by atoms with van der Waals surface area (Å²) >= 11 is 1.40. The first kappa shape index (κ1) is 22.6. The molecule has 1 aliphatic heterocycles. The third kappa shape index (κ3) is 4.74. The predicted molar refractivity (Wildman–Crippen MR) is 128 cm³/mol. The van der Waals surface area contributed by atoms with Gasteiger partial charge in [-0.2, -0.15) is 0 Å². The molecule has 9 heteroatoms. The molecular weight excluding hydrogens is 449 g/mol. The van der Waals surface area contributed by atoms with Crippen LogP contribution in [0.5, 0.6) is 5.75 Å². The highest BCUT2D eigenvalue weighted by Gasteiger charge is 2.24. The number of thiophene rings is 1. The summed E-state index contributed by atoms with van der Waals surface area (Å²) in [6, 6.07) is 13.6. The lowest BCUT2D eigenvalue weighted by Crippen LogP contribution is -2.54. The van der Waals surface area contributed by atoms with Crippen LogP contribution < -0.4 is 19.7 Å². The molecule has 6 nitrogen and oxygen atoms in total. The second-order valence-electron chi connectivity index (χ2n) is 7.98. The molecule has 0 bridgehead atoms. The lowest BCUT2D eigenvalue weighted by atomic mass is 10.1. The van der Waals surface area contributed by atoms with Crippen molar-refractivity contribution in [1.29, 1.82) is 0 Å². The topological polar surface area (TPSA) is 70.7 Å². The molecule has 0 radical (unpaired) electrons. The van der Waals surface area contributed by atoms with Gasteiger partial charge in [-0.05, 0) is 61.7 Å². The first-order valence-electron chi connectivity index (χ1n) is 10.3. The number of methoxy groups -OCH3 is 1. The quantitative estimate of drug-likeness (QED) is 0.547. The van der Waals surface area contributed by atoms with E-state index < -0.39 is 15.8 Å². The number of ether oxygens (including phenoxy) is 1. The molecule has 2 atom stereocenters. The van der Waals surface area contributed by atoms with Crippen molar-refractivity contribution in [3.8, 4) is 16.2 Å². The van der Waals surface area contributed by atoms with E-state index in [2.05, 4.69) is 28.8 Å². The highest BCUT2D eigenvalue weighted by atomic mass is 32.2. The molecule has 32 heavy (non-hydrogen) atoms. The van der Waals surface area contributed by atoms with Gasteiger partial charge < -0.3 is 15.0 Å². The number of hydrogen-bond donors (Lipinski definition) is 2. The Labute approximate surface area is 192 Å². The average Bonchev–Trinajstić information content (AvgIpc) is 3.27. The van der Waals surface area contributed by atoms with Crippen molar-refractivity contribution in [3.05, 3.63) is 59.7 Å². The van der Waals surface area contributed by atoms with Crippen LogP contribution in [0.1, 0.15) is 13.8 Å². The molecule has 2 N–H and O–H groups in total. The van der Waals surface area contributed by atoms with Gasteiger partial charge in [0.2, 0.25) is 0 Å². The Morgan fingerprint density at radius 1 is 1.12 bits per heavy atom. The Kier molecular flexibility index (Phi) is 6.41. The Bertz CT molecular complexity index is 1190. The summed E-state index contributed by atoms with van der Waals surface area (Å²) in [6.45, 7) is 5.84. The number of nitrogens with zero attached hydrogens (tertiary/aromatic N) is 1. The number of nitrogens with one attached hydrogen (secondary N) is 2. The molecule has 0 aliphatic carbocycles. The Balaban J connectivity index is 1.63. The molecule has 1 aromatic heterocycles. The maximum absolute atomic E-state index is 14.7. The number of sulfonamides is 1. The molecule has 4 rings (SSSR count). The zero-order chi connectivity index (χ0) is 22.9. The fraction of sp³-hybridized carbons (Fsp3) is 0.304. The average molecular weight is 476 g/mol. The van der Waals surface area contributed by atoms with Gasteiger partial charge in [-0.1, -0.05) is 6.07 Å². The lowest BCUT2D eigenvalue weighted by molar-refractivity contribution is 0.406. The number of rotatable bonds is 6. The van der Waals surface area contributed by atoms with E-state index in [0.29, 0.717) is 29.1 Å². The smallest absolute Gasteiger partial charge is 0.262 e. The van der Waals surface area contributed by atoms with Gasteiger partial charge in [0.15, 0.2) is 0 Å². The number of piperazine rings is 1. The van der Waals surface area contributed by atoms with Crippen LogP contribution in [0.4, 0.5) is 15.8 Å². The highest BCUT2D eigenvalue weighted by Crippen LogP contribution is 2.33. The summed E-state index contributed by atoms with van der Waals surface area (Å²) in [5.41, 5.74) is 1.58. The SMILES string of the molecule is COc1ccc(N2C[C@@H](C)N[C@@H](C)C2)cc1NS(=O)(=O)c1ccc(-c2cccs2)c(F)c1. The summed E-state index contributed by atoms with van der Waals surface area (Å²) in [4.78, 5) is 2.80. The van der Waals surface area contributed by atoms with Gasteiger partial charge in [-0.25, -0.2) is 12.8 Å². The number of benzene rings is 2. The number of hydrogen-bond acceptors (Lipinski definition) is 6. The minimum atomic E-state index is -4.02. The Hall–Kier alpha value is -2.62. The molecule has 0 unspecified atom stereocenters. The summed E-state index contributed by atoms with van der Waals surface area (Å²) in [5, 5.41) is 5.33. The van der Waals surface area contributed by atoms with Crippen molar-refractivity contribution >= 4 is 32.7 Å². The van der Waals surface area contributed by atoms with Gasteiger partial charge in [-0.15, -0.1) is 11.3 Å². The normalized spacial score (nSPS) is 19.1. The molecule has 2 aromatic carbocycles. The van der Waals surface area contributed by atoms with Crippen LogP contribution in [0.15, 0.2) is 58.8 Å². The number of halogens is 1. The van der Waals surface area contributed by atoms with Gasteiger partial charge in [0.05, 0.1) is 17.7 Å². The zero-order valence-electron chi connectivity index (χ0n) is 18.1. The minimum absolute atomic E-state index is 0.146. The fourth-order valence-corrected chi connectivity index (χ4v) is 5.83. The highest BCUT2D eigenvalue weighted by molar-refractivity contribution is 7.92. The van der Waals surface area contributed by atoms with Gasteiger partial charge in [0, 0.05) is 41.3 Å². The summed E-state index contributed by atoms with van der Waals surface area (Å²) in [6.07, 6.45) is 0. The van der Waals surface area contributed by atoms with E-state index in [1.165, 1.54) is 30.6 Å². The van der Waals surface area contributed by atoms with E-state index in [9.17, 15) is 12.8 Å². The van der Waals surface area contributed by atoms with Crippen molar-refractivity contribution in [2.24, 2.45) is 0 Å². The largest absolute Gasteiger partial charge is 0.495 e. The van der Waals surface area contributed by atoms with E-state index in [0.717, 1.165) is 29.7 Å². The first-order chi connectivity index (χ1) is 15.3. The van der Waals surface area contributed by atoms with Gasteiger partial charge in [-0.3, -0.25) is 4.72 Å². The zero-order valence-corrected chi connectivity index (χ0v) is 19.8. The van der Waals surface area contributed by atoms with Crippen LogP contribution in [0.25, 0.3) is 10.4 Å². The third-order valence-electron chi connectivity index (χ3n) is 5.39. The van der Waals surface area contributed by atoms with Crippen LogP contribution in [0, 0.1) is 5.82 Å². The molecule has 0 spiro atoms. The van der Waals surface area contributed by atoms with Gasteiger partial charge in [0.25, 0.3) is 10.0 Å². The molecule has 1 saturated heterocycles. The van der Waals surface area contributed by atoms with Crippen LogP contribution in [0.3, 0.4) is 0 Å². The van der Waals surface area contributed by atoms with Crippen LogP contribution in [0.2, 0.25) is 0 Å². The molecule has 1 fully saturated rings. The first-order valence-corrected chi connectivity index (χ1v) is 12.7. The van der Waals surface area contributed by atoms with Gasteiger partial charge >= 0.3 is 0 Å². The third-order valence-corrected chi connectivity index (χ3v) is 7.65. The van der Waals surface area contributed by atoms with Crippen LogP contribution >= 0.6 is 11.3 Å². The second-order valence-corrected chi connectivity index (χ2v) is 10.6. The molecule has 170 valence electrons. The molecule has 2 heterocycles.